The smallest absolute Gasteiger partial charge is 0.256 e. The van der Waals surface area contributed by atoms with E-state index in [0.717, 1.165) is 5.56 Å². The molecule has 2 amide bonds. The van der Waals surface area contributed by atoms with Crippen LogP contribution in [0.1, 0.15) is 32.4 Å². The van der Waals surface area contributed by atoms with Crippen molar-refractivity contribution in [3.63, 3.8) is 0 Å². The van der Waals surface area contributed by atoms with Crippen molar-refractivity contribution in [2.45, 2.75) is 26.8 Å². The van der Waals surface area contributed by atoms with Crippen LogP contribution in [-0.4, -0.2) is 21.7 Å². The summed E-state index contributed by atoms with van der Waals surface area (Å²) in [6, 6.07) is 3.26. The number of amides is 2. The van der Waals surface area contributed by atoms with Crippen molar-refractivity contribution in [2.75, 3.05) is 0 Å². The van der Waals surface area contributed by atoms with Gasteiger partial charge < -0.3 is 0 Å². The standard InChI is InChI=1S/C13H16N2O2/c1-9(2)13(17)15(11(4)16)10(3)12-6-5-7-14-8-12/h5-8,10H,1H2,2-4H3. The van der Waals surface area contributed by atoms with Crippen molar-refractivity contribution in [3.8, 4) is 0 Å². The zero-order valence-electron chi connectivity index (χ0n) is 10.3. The zero-order chi connectivity index (χ0) is 13.0. The van der Waals surface area contributed by atoms with E-state index in [1.54, 1.807) is 32.3 Å². The average Bonchev–Trinajstić information content (AvgIpc) is 2.29. The Morgan fingerprint density at radius 1 is 1.41 bits per heavy atom. The SMILES string of the molecule is C=C(C)C(=O)N(C(C)=O)C(C)c1cccnc1. The first kappa shape index (κ1) is 13.1. The largest absolute Gasteiger partial charge is 0.275 e. The van der Waals surface area contributed by atoms with E-state index in [2.05, 4.69) is 11.6 Å². The van der Waals surface area contributed by atoms with E-state index in [1.807, 2.05) is 6.07 Å². The van der Waals surface area contributed by atoms with E-state index in [-0.39, 0.29) is 17.9 Å². The van der Waals surface area contributed by atoms with Crippen LogP contribution in [0.5, 0.6) is 0 Å². The zero-order valence-corrected chi connectivity index (χ0v) is 10.3. The third kappa shape index (κ3) is 3.00. The van der Waals surface area contributed by atoms with Crippen LogP contribution in [0, 0.1) is 0 Å². The third-order valence-corrected chi connectivity index (χ3v) is 2.48. The summed E-state index contributed by atoms with van der Waals surface area (Å²) in [7, 11) is 0. The Morgan fingerprint density at radius 2 is 2.06 bits per heavy atom. The highest BCUT2D eigenvalue weighted by Crippen LogP contribution is 2.20. The highest BCUT2D eigenvalue weighted by Gasteiger charge is 2.25. The Hall–Kier alpha value is -1.97. The molecular formula is C13H16N2O2. The molecule has 1 aromatic heterocycles. The van der Waals surface area contributed by atoms with Crippen molar-refractivity contribution >= 4 is 11.8 Å². The van der Waals surface area contributed by atoms with Crippen molar-refractivity contribution in [3.05, 3.63) is 42.2 Å². The number of rotatable bonds is 3. The molecule has 0 fully saturated rings. The topological polar surface area (TPSA) is 50.3 Å². The Morgan fingerprint density at radius 3 is 2.47 bits per heavy atom. The molecule has 1 heterocycles. The highest BCUT2D eigenvalue weighted by molar-refractivity contribution is 6.03. The minimum Gasteiger partial charge on any atom is -0.275 e. The lowest BCUT2D eigenvalue weighted by atomic mass is 10.1. The summed E-state index contributed by atoms with van der Waals surface area (Å²) in [5.74, 6) is -0.650. The molecule has 1 rings (SSSR count). The fourth-order valence-corrected chi connectivity index (χ4v) is 1.57. The quantitative estimate of drug-likeness (QED) is 0.750. The summed E-state index contributed by atoms with van der Waals surface area (Å²) in [4.78, 5) is 28.6. The van der Waals surface area contributed by atoms with Crippen LogP contribution < -0.4 is 0 Å². The number of hydrogen-bond acceptors (Lipinski definition) is 3. The summed E-state index contributed by atoms with van der Waals surface area (Å²) in [5, 5.41) is 0. The summed E-state index contributed by atoms with van der Waals surface area (Å²) in [6.07, 6.45) is 3.29. The van der Waals surface area contributed by atoms with Gasteiger partial charge in [0.2, 0.25) is 5.91 Å². The number of carbonyl (C=O) groups excluding carboxylic acids is 2. The van der Waals surface area contributed by atoms with E-state index >= 15 is 0 Å². The fraction of sp³-hybridized carbons (Fsp3) is 0.308. The van der Waals surface area contributed by atoms with Crippen LogP contribution in [0.15, 0.2) is 36.7 Å². The third-order valence-electron chi connectivity index (χ3n) is 2.48. The number of imide groups is 1. The average molecular weight is 232 g/mol. The molecule has 0 aliphatic carbocycles. The molecule has 0 saturated carbocycles. The van der Waals surface area contributed by atoms with Crippen LogP contribution in [0.25, 0.3) is 0 Å². The highest BCUT2D eigenvalue weighted by atomic mass is 16.2. The fourth-order valence-electron chi connectivity index (χ4n) is 1.57. The molecule has 0 saturated heterocycles. The number of hydrogen-bond donors (Lipinski definition) is 0. The van der Waals surface area contributed by atoms with Gasteiger partial charge in [-0.2, -0.15) is 0 Å². The molecule has 0 aliphatic heterocycles. The number of pyridine rings is 1. The lowest BCUT2D eigenvalue weighted by Crippen LogP contribution is -2.37. The number of aromatic nitrogens is 1. The number of nitrogens with zero attached hydrogens (tertiary/aromatic N) is 2. The Kier molecular flexibility index (Phi) is 4.15. The maximum atomic E-state index is 11.9. The van der Waals surface area contributed by atoms with Gasteiger partial charge >= 0.3 is 0 Å². The summed E-state index contributed by atoms with van der Waals surface area (Å²) in [5.41, 5.74) is 1.16. The van der Waals surface area contributed by atoms with Gasteiger partial charge in [0.25, 0.3) is 5.91 Å². The van der Waals surface area contributed by atoms with E-state index in [0.29, 0.717) is 5.57 Å². The molecule has 90 valence electrons. The number of carbonyl (C=O) groups is 2. The van der Waals surface area contributed by atoms with Gasteiger partial charge in [0.05, 0.1) is 6.04 Å². The molecule has 0 radical (unpaired) electrons. The maximum absolute atomic E-state index is 11.9. The predicted molar refractivity (Wildman–Crippen MR) is 65.0 cm³/mol. The first-order chi connectivity index (χ1) is 7.95. The lowest BCUT2D eigenvalue weighted by molar-refractivity contribution is -0.143. The minimum absolute atomic E-state index is 0.297. The predicted octanol–water partition coefficient (Wildman–Crippen LogP) is 2.09. The van der Waals surface area contributed by atoms with Crippen LogP contribution in [0.4, 0.5) is 0 Å². The van der Waals surface area contributed by atoms with Gasteiger partial charge in [-0.25, -0.2) is 0 Å². The normalized spacial score (nSPS) is 11.7. The van der Waals surface area contributed by atoms with E-state index in [9.17, 15) is 9.59 Å². The molecule has 0 aliphatic rings. The maximum Gasteiger partial charge on any atom is 0.256 e. The second-order valence-electron chi connectivity index (χ2n) is 3.94. The van der Waals surface area contributed by atoms with E-state index in [1.165, 1.54) is 11.8 Å². The van der Waals surface area contributed by atoms with Crippen LogP contribution in [-0.2, 0) is 9.59 Å². The monoisotopic (exact) mass is 232 g/mol. The van der Waals surface area contributed by atoms with Gasteiger partial charge in [0.15, 0.2) is 0 Å². The molecular weight excluding hydrogens is 216 g/mol. The van der Waals surface area contributed by atoms with Gasteiger partial charge in [-0.1, -0.05) is 12.6 Å². The summed E-state index contributed by atoms with van der Waals surface area (Å²) >= 11 is 0. The van der Waals surface area contributed by atoms with E-state index in [4.69, 9.17) is 0 Å². The van der Waals surface area contributed by atoms with Gasteiger partial charge in [-0.15, -0.1) is 0 Å². The first-order valence-electron chi connectivity index (χ1n) is 5.34. The summed E-state index contributed by atoms with van der Waals surface area (Å²) < 4.78 is 0. The molecule has 0 bridgehead atoms. The van der Waals surface area contributed by atoms with Crippen LogP contribution in [0.2, 0.25) is 0 Å². The second-order valence-corrected chi connectivity index (χ2v) is 3.94. The molecule has 0 aromatic carbocycles. The van der Waals surface area contributed by atoms with Gasteiger partial charge in [-0.3, -0.25) is 19.5 Å². The van der Waals surface area contributed by atoms with Gasteiger partial charge in [-0.05, 0) is 25.5 Å². The van der Waals surface area contributed by atoms with Crippen molar-refractivity contribution in [2.24, 2.45) is 0 Å². The molecule has 17 heavy (non-hydrogen) atoms. The molecule has 0 spiro atoms. The molecule has 1 unspecified atom stereocenters. The van der Waals surface area contributed by atoms with Crippen LogP contribution in [0.3, 0.4) is 0 Å². The lowest BCUT2D eigenvalue weighted by Gasteiger charge is -2.26. The van der Waals surface area contributed by atoms with Gasteiger partial charge in [0.1, 0.15) is 0 Å². The summed E-state index contributed by atoms with van der Waals surface area (Å²) in [6.45, 7) is 8.33. The van der Waals surface area contributed by atoms with Crippen molar-refractivity contribution < 1.29 is 9.59 Å². The van der Waals surface area contributed by atoms with Crippen molar-refractivity contribution in [1.29, 1.82) is 0 Å². The van der Waals surface area contributed by atoms with Crippen LogP contribution >= 0.6 is 0 Å². The Bertz CT molecular complexity index is 440. The molecule has 1 aromatic rings. The Labute approximate surface area is 101 Å². The first-order valence-corrected chi connectivity index (χ1v) is 5.34. The Balaban J connectivity index is 3.05. The van der Waals surface area contributed by atoms with E-state index < -0.39 is 0 Å². The minimum atomic E-state index is -0.353. The molecule has 4 nitrogen and oxygen atoms in total. The second kappa shape index (κ2) is 5.39. The molecule has 1 atom stereocenters. The molecule has 4 heteroatoms. The van der Waals surface area contributed by atoms with Crippen molar-refractivity contribution in [1.82, 2.24) is 9.88 Å². The molecule has 0 N–H and O–H groups in total. The van der Waals surface area contributed by atoms with Gasteiger partial charge in [0, 0.05) is 24.9 Å².